The predicted molar refractivity (Wildman–Crippen MR) is 165 cm³/mol. The average molecular weight is 618 g/mol. The molecule has 1 aromatic carbocycles. The maximum Gasteiger partial charge on any atom is 0.326 e. The van der Waals surface area contributed by atoms with Crippen LogP contribution >= 0.6 is 0 Å². The van der Waals surface area contributed by atoms with Gasteiger partial charge in [0.1, 0.15) is 18.1 Å². The number of fused-ring (bicyclic) bond motifs is 1. The molecule has 0 spiro atoms. The molecule has 1 aromatic heterocycles. The lowest BCUT2D eigenvalue weighted by Gasteiger charge is -2.26. The monoisotopic (exact) mass is 617 g/mol. The highest BCUT2D eigenvalue weighted by Crippen LogP contribution is 2.19. The first kappa shape index (κ1) is 35.3. The van der Waals surface area contributed by atoms with Crippen LogP contribution in [0.25, 0.3) is 10.9 Å². The van der Waals surface area contributed by atoms with Gasteiger partial charge in [-0.15, -0.1) is 0 Å². The molecule has 0 aliphatic heterocycles. The molecule has 0 aliphatic rings. The molecular weight excluding hydrogens is 574 g/mol. The molecule has 2 aromatic rings. The fourth-order valence-electron chi connectivity index (χ4n) is 4.34. The number of carbonyl (C=O) groups excluding carboxylic acids is 3. The molecule has 17 nitrogen and oxygen atoms in total. The molecule has 0 fully saturated rings. The van der Waals surface area contributed by atoms with Gasteiger partial charge in [0, 0.05) is 36.6 Å². The molecule has 0 bridgehead atoms. The van der Waals surface area contributed by atoms with Gasteiger partial charge >= 0.3 is 5.97 Å². The Labute approximate surface area is 254 Å². The van der Waals surface area contributed by atoms with Crippen molar-refractivity contribution in [2.24, 2.45) is 38.7 Å². The van der Waals surface area contributed by atoms with Crippen molar-refractivity contribution in [2.75, 3.05) is 13.1 Å². The number of nitrogens with one attached hydrogen (secondary N) is 4. The van der Waals surface area contributed by atoms with Crippen LogP contribution in [0.15, 0.2) is 40.4 Å². The van der Waals surface area contributed by atoms with E-state index in [-0.39, 0.29) is 50.7 Å². The maximum atomic E-state index is 13.5. The number of benzene rings is 1. The Bertz CT molecular complexity index is 1330. The Hall–Kier alpha value is -4.90. The van der Waals surface area contributed by atoms with Gasteiger partial charge in [0.2, 0.25) is 17.7 Å². The number of aromatic nitrogens is 1. The van der Waals surface area contributed by atoms with Gasteiger partial charge in [0.25, 0.3) is 0 Å². The summed E-state index contributed by atoms with van der Waals surface area (Å²) in [5.74, 6) is -3.92. The van der Waals surface area contributed by atoms with Crippen LogP contribution in [0.4, 0.5) is 0 Å². The number of guanidine groups is 2. The largest absolute Gasteiger partial charge is 0.480 e. The molecule has 44 heavy (non-hydrogen) atoms. The van der Waals surface area contributed by atoms with Gasteiger partial charge in [0.15, 0.2) is 11.9 Å². The van der Waals surface area contributed by atoms with E-state index in [2.05, 4.69) is 30.9 Å². The fraction of sp³-hybridized carbons (Fsp3) is 0.481. The quantitative estimate of drug-likeness (QED) is 0.0456. The fourth-order valence-corrected chi connectivity index (χ4v) is 4.34. The maximum absolute atomic E-state index is 13.5. The van der Waals surface area contributed by atoms with E-state index in [0.717, 1.165) is 10.9 Å². The molecule has 0 saturated heterocycles. The molecule has 1 heterocycles. The minimum Gasteiger partial charge on any atom is -0.480 e. The number of amides is 3. The Morgan fingerprint density at radius 3 is 2.05 bits per heavy atom. The van der Waals surface area contributed by atoms with Gasteiger partial charge < -0.3 is 59.8 Å². The molecule has 17 heteroatoms. The summed E-state index contributed by atoms with van der Waals surface area (Å²) in [6.45, 7) is 1.67. The van der Waals surface area contributed by atoms with Crippen molar-refractivity contribution in [3.63, 3.8) is 0 Å². The number of aliphatic hydroxyl groups is 1. The summed E-state index contributed by atoms with van der Waals surface area (Å²) in [7, 11) is 0. The second kappa shape index (κ2) is 17.3. The molecule has 0 radical (unpaired) electrons. The molecule has 0 unspecified atom stereocenters. The van der Waals surface area contributed by atoms with E-state index in [9.17, 15) is 29.4 Å². The first-order chi connectivity index (χ1) is 20.8. The minimum absolute atomic E-state index is 0.0129. The second-order valence-electron chi connectivity index (χ2n) is 10.3. The first-order valence-electron chi connectivity index (χ1n) is 14.0. The number of rotatable bonds is 18. The number of aliphatic imine (C=N–C) groups is 2. The van der Waals surface area contributed by atoms with E-state index < -0.39 is 54.0 Å². The Kier molecular flexibility index (Phi) is 13.9. The van der Waals surface area contributed by atoms with E-state index in [1.165, 1.54) is 6.92 Å². The van der Waals surface area contributed by atoms with Gasteiger partial charge in [0.05, 0.1) is 12.1 Å². The highest BCUT2D eigenvalue weighted by Gasteiger charge is 2.33. The van der Waals surface area contributed by atoms with Crippen LogP contribution in [0.3, 0.4) is 0 Å². The van der Waals surface area contributed by atoms with Gasteiger partial charge in [-0.2, -0.15) is 0 Å². The summed E-state index contributed by atoms with van der Waals surface area (Å²) < 4.78 is 0. The molecule has 16 N–H and O–H groups in total. The molecule has 0 aliphatic carbocycles. The Morgan fingerprint density at radius 1 is 0.864 bits per heavy atom. The summed E-state index contributed by atoms with van der Waals surface area (Å²) in [6, 6.07) is 2.27. The standard InChI is InChI=1S/C27H43N11O6/c1-14(39)21(24(42)36-19(25(43)44)9-5-11-34-27(31)32)38-23(41)20(12-15-13-35-18-8-3-2-6-16(15)18)37-22(40)17(28)7-4-10-33-26(29)30/h2-3,6,8,13-14,17,19-21,35,39H,4-5,7,9-12,28H2,1H3,(H,36,42)(H,37,40)(H,38,41)(H,43,44)(H4,29,30,33)(H4,31,32,34)/t14-,17+,19+,20+,21+/m1/s1. The topological polar surface area (TPSA) is 315 Å². The number of aliphatic carboxylic acids is 1. The summed E-state index contributed by atoms with van der Waals surface area (Å²) in [6.07, 6.45) is 1.15. The SMILES string of the molecule is C[C@@H](O)[C@H](NC(=O)[C@H](Cc1c[nH]c2ccccc12)NC(=O)[C@@H](N)CCCN=C(N)N)C(=O)N[C@@H](CCCN=C(N)N)C(=O)O. The van der Waals surface area contributed by atoms with Gasteiger partial charge in [-0.1, -0.05) is 18.2 Å². The third-order valence-electron chi connectivity index (χ3n) is 6.66. The number of carboxylic acid groups (broad SMARTS) is 1. The zero-order valence-electron chi connectivity index (χ0n) is 24.5. The molecule has 3 amide bonds. The molecule has 5 atom stereocenters. The Morgan fingerprint density at radius 2 is 1.45 bits per heavy atom. The molecular formula is C27H43N11O6. The van der Waals surface area contributed by atoms with Crippen molar-refractivity contribution >= 4 is 46.5 Å². The van der Waals surface area contributed by atoms with E-state index in [4.69, 9.17) is 28.7 Å². The van der Waals surface area contributed by atoms with Crippen molar-refractivity contribution < 1.29 is 29.4 Å². The second-order valence-corrected chi connectivity index (χ2v) is 10.3. The predicted octanol–water partition coefficient (Wildman–Crippen LogP) is -2.94. The third kappa shape index (κ3) is 11.4. The number of aliphatic hydroxyl groups excluding tert-OH is 1. The van der Waals surface area contributed by atoms with Crippen molar-refractivity contribution in [3.05, 3.63) is 36.0 Å². The first-order valence-corrected chi connectivity index (χ1v) is 14.0. The van der Waals surface area contributed by atoms with E-state index in [0.29, 0.717) is 12.0 Å². The van der Waals surface area contributed by atoms with E-state index in [1.807, 2.05) is 24.3 Å². The normalized spacial score (nSPS) is 14.3. The molecule has 242 valence electrons. The number of carbonyl (C=O) groups is 4. The number of carboxylic acids is 1. The van der Waals surface area contributed by atoms with Gasteiger partial charge in [-0.25, -0.2) is 4.79 Å². The van der Waals surface area contributed by atoms with Crippen LogP contribution in [-0.2, 0) is 25.6 Å². The smallest absolute Gasteiger partial charge is 0.326 e. The lowest BCUT2D eigenvalue weighted by Crippen LogP contribution is -2.60. The zero-order valence-corrected chi connectivity index (χ0v) is 24.5. The lowest BCUT2D eigenvalue weighted by atomic mass is 10.0. The summed E-state index contributed by atoms with van der Waals surface area (Å²) >= 11 is 0. The van der Waals surface area contributed by atoms with Crippen molar-refractivity contribution in [1.29, 1.82) is 0 Å². The molecule has 2 rings (SSSR count). The summed E-state index contributed by atoms with van der Waals surface area (Å²) in [5, 5.41) is 28.2. The average Bonchev–Trinajstić information content (AvgIpc) is 3.36. The van der Waals surface area contributed by atoms with Crippen LogP contribution in [0, 0.1) is 0 Å². The third-order valence-corrected chi connectivity index (χ3v) is 6.66. The van der Waals surface area contributed by atoms with E-state index in [1.54, 1.807) is 6.20 Å². The number of hydrogen-bond acceptors (Lipinski definition) is 8. The number of para-hydroxylation sites is 1. The van der Waals surface area contributed by atoms with Crippen molar-refractivity contribution in [3.8, 4) is 0 Å². The van der Waals surface area contributed by atoms with Crippen LogP contribution in [0.5, 0.6) is 0 Å². The highest BCUT2D eigenvalue weighted by molar-refractivity contribution is 5.95. The van der Waals surface area contributed by atoms with Crippen LogP contribution in [0.2, 0.25) is 0 Å². The number of hydrogen-bond donors (Lipinski definition) is 11. The lowest BCUT2D eigenvalue weighted by molar-refractivity contribution is -0.143. The minimum atomic E-state index is -1.54. The number of nitrogens with zero attached hydrogens (tertiary/aromatic N) is 2. The zero-order chi connectivity index (χ0) is 32.8. The van der Waals surface area contributed by atoms with E-state index >= 15 is 0 Å². The summed E-state index contributed by atoms with van der Waals surface area (Å²) in [5.41, 5.74) is 28.7. The number of aromatic amines is 1. The van der Waals surface area contributed by atoms with Gasteiger partial charge in [-0.05, 0) is 44.2 Å². The van der Waals surface area contributed by atoms with Crippen molar-refractivity contribution in [1.82, 2.24) is 20.9 Å². The highest BCUT2D eigenvalue weighted by atomic mass is 16.4. The van der Waals surface area contributed by atoms with Crippen LogP contribution in [-0.4, -0.2) is 94.2 Å². The van der Waals surface area contributed by atoms with Gasteiger partial charge in [-0.3, -0.25) is 24.4 Å². The number of nitrogens with two attached hydrogens (primary N) is 5. The van der Waals surface area contributed by atoms with Crippen LogP contribution in [0.1, 0.15) is 38.2 Å². The number of H-pyrrole nitrogens is 1. The van der Waals surface area contributed by atoms with Crippen molar-refractivity contribution in [2.45, 2.75) is 69.3 Å². The Balaban J connectivity index is 2.21. The summed E-state index contributed by atoms with van der Waals surface area (Å²) in [4.78, 5) is 62.1. The molecule has 0 saturated carbocycles. The van der Waals surface area contributed by atoms with Crippen LogP contribution < -0.4 is 44.6 Å².